The molecule has 81 heavy (non-hydrogen) atoms. The van der Waals surface area contributed by atoms with E-state index in [9.17, 15) is 14.4 Å². The molecule has 0 aliphatic rings. The second-order valence-electron chi connectivity index (χ2n) is 21.6. The van der Waals surface area contributed by atoms with E-state index >= 15 is 0 Å². The number of unbranched alkanes of at least 4 members (excludes halogenated alkanes) is 24. The molecule has 0 saturated heterocycles. The Morgan fingerprint density at radius 2 is 0.481 bits per heavy atom. The van der Waals surface area contributed by atoms with Gasteiger partial charge in [0.05, 0.1) is 0 Å². The number of carbonyl (C=O) groups is 3. The Morgan fingerprint density at radius 1 is 0.259 bits per heavy atom. The zero-order chi connectivity index (χ0) is 58.5. The van der Waals surface area contributed by atoms with Gasteiger partial charge in [0.1, 0.15) is 13.2 Å². The average Bonchev–Trinajstić information content (AvgIpc) is 3.47. The lowest BCUT2D eigenvalue weighted by molar-refractivity contribution is -0.167. The van der Waals surface area contributed by atoms with Crippen molar-refractivity contribution in [3.8, 4) is 0 Å². The van der Waals surface area contributed by atoms with Crippen LogP contribution in [0.5, 0.6) is 0 Å². The first-order valence-corrected chi connectivity index (χ1v) is 33.3. The fourth-order valence-electron chi connectivity index (χ4n) is 8.88. The molecule has 0 bridgehead atoms. The first-order valence-electron chi connectivity index (χ1n) is 33.3. The van der Waals surface area contributed by atoms with Crippen LogP contribution in [0.1, 0.15) is 290 Å². The van der Waals surface area contributed by atoms with Gasteiger partial charge in [-0.15, -0.1) is 0 Å². The first-order chi connectivity index (χ1) is 40.0. The van der Waals surface area contributed by atoms with Crippen LogP contribution in [0.25, 0.3) is 0 Å². The summed E-state index contributed by atoms with van der Waals surface area (Å²) in [5.74, 6) is -0.929. The molecule has 0 amide bonds. The van der Waals surface area contributed by atoms with Crippen LogP contribution in [0.15, 0.2) is 146 Å². The van der Waals surface area contributed by atoms with Crippen LogP contribution in [-0.2, 0) is 28.6 Å². The van der Waals surface area contributed by atoms with Crippen molar-refractivity contribution in [3.05, 3.63) is 146 Å². The number of hydrogen-bond donors (Lipinski definition) is 0. The molecule has 1 unspecified atom stereocenters. The Balaban J connectivity index is 4.44. The molecule has 0 radical (unpaired) electrons. The summed E-state index contributed by atoms with van der Waals surface area (Å²) in [5, 5.41) is 0. The maximum absolute atomic E-state index is 12.9. The van der Waals surface area contributed by atoms with Crippen LogP contribution in [0.2, 0.25) is 0 Å². The lowest BCUT2D eigenvalue weighted by Gasteiger charge is -2.18. The van der Waals surface area contributed by atoms with Crippen molar-refractivity contribution in [1.82, 2.24) is 0 Å². The van der Waals surface area contributed by atoms with Gasteiger partial charge in [0.2, 0.25) is 0 Å². The van der Waals surface area contributed by atoms with Gasteiger partial charge in [-0.1, -0.05) is 276 Å². The van der Waals surface area contributed by atoms with E-state index < -0.39 is 6.10 Å². The van der Waals surface area contributed by atoms with E-state index in [1.165, 1.54) is 83.5 Å². The van der Waals surface area contributed by atoms with Crippen molar-refractivity contribution in [2.45, 2.75) is 297 Å². The first kappa shape index (κ1) is 76.3. The highest BCUT2D eigenvalue weighted by Gasteiger charge is 2.19. The maximum atomic E-state index is 12.9. The highest BCUT2D eigenvalue weighted by Crippen LogP contribution is 2.15. The largest absolute Gasteiger partial charge is 0.462 e. The van der Waals surface area contributed by atoms with Gasteiger partial charge in [0.15, 0.2) is 6.10 Å². The van der Waals surface area contributed by atoms with Crippen molar-refractivity contribution in [1.29, 1.82) is 0 Å². The molecule has 0 aliphatic carbocycles. The second kappa shape index (κ2) is 67.8. The van der Waals surface area contributed by atoms with E-state index in [4.69, 9.17) is 14.2 Å². The molecule has 0 aliphatic heterocycles. The predicted octanol–water partition coefficient (Wildman–Crippen LogP) is 23.1. The molecule has 0 aromatic carbocycles. The van der Waals surface area contributed by atoms with Crippen molar-refractivity contribution >= 4 is 17.9 Å². The molecule has 0 heterocycles. The van der Waals surface area contributed by atoms with Crippen LogP contribution in [-0.4, -0.2) is 37.2 Å². The Bertz CT molecular complexity index is 1760. The molecule has 0 aromatic rings. The number of rotatable bonds is 59. The Labute approximate surface area is 499 Å². The lowest BCUT2D eigenvalue weighted by atomic mass is 10.1. The molecular weight excluding hydrogens is 997 g/mol. The van der Waals surface area contributed by atoms with Crippen molar-refractivity contribution < 1.29 is 28.6 Å². The van der Waals surface area contributed by atoms with E-state index in [0.717, 1.165) is 167 Å². The number of carbonyl (C=O) groups excluding carboxylic acids is 3. The van der Waals surface area contributed by atoms with Gasteiger partial charge >= 0.3 is 17.9 Å². The summed E-state index contributed by atoms with van der Waals surface area (Å²) < 4.78 is 16.9. The molecule has 458 valence electrons. The van der Waals surface area contributed by atoms with Crippen LogP contribution in [0.3, 0.4) is 0 Å². The number of esters is 3. The highest BCUT2D eigenvalue weighted by atomic mass is 16.6. The van der Waals surface area contributed by atoms with E-state index in [-0.39, 0.29) is 31.1 Å². The fourth-order valence-corrected chi connectivity index (χ4v) is 8.88. The van der Waals surface area contributed by atoms with Gasteiger partial charge in [-0.3, -0.25) is 14.4 Å². The van der Waals surface area contributed by atoms with Crippen LogP contribution < -0.4 is 0 Å². The third kappa shape index (κ3) is 66.0. The van der Waals surface area contributed by atoms with E-state index in [1.807, 2.05) is 0 Å². The minimum atomic E-state index is -0.802. The third-order valence-corrected chi connectivity index (χ3v) is 13.8. The van der Waals surface area contributed by atoms with Crippen LogP contribution in [0.4, 0.5) is 0 Å². The van der Waals surface area contributed by atoms with Crippen LogP contribution in [0, 0.1) is 0 Å². The van der Waals surface area contributed by atoms with E-state index in [2.05, 4.69) is 167 Å². The van der Waals surface area contributed by atoms with Crippen molar-refractivity contribution in [3.63, 3.8) is 0 Å². The summed E-state index contributed by atoms with van der Waals surface area (Å²) in [7, 11) is 0. The summed E-state index contributed by atoms with van der Waals surface area (Å²) in [4.78, 5) is 38.4. The molecule has 1 atom stereocenters. The van der Waals surface area contributed by atoms with Crippen LogP contribution >= 0.6 is 0 Å². The highest BCUT2D eigenvalue weighted by molar-refractivity contribution is 5.71. The van der Waals surface area contributed by atoms with E-state index in [0.29, 0.717) is 19.3 Å². The SMILES string of the molecule is CC/C=C\C/C=C\C/C=C\C/C=C\C/C=C\C/C=C\C/C=C\CCCCCCCC(=O)OCC(COC(=O)CCCCCCC/C=C\CCCCCCCC)OC(=O)CCCCCCCCCC/C=C\C/C=C\C/C=C\C/C=C\CC. The molecule has 6 heteroatoms. The summed E-state index contributed by atoms with van der Waals surface area (Å²) in [6.45, 7) is 6.39. The smallest absolute Gasteiger partial charge is 0.306 e. The van der Waals surface area contributed by atoms with E-state index in [1.54, 1.807) is 0 Å². The van der Waals surface area contributed by atoms with Gasteiger partial charge < -0.3 is 14.2 Å². The molecular formula is C75H122O6. The minimum Gasteiger partial charge on any atom is -0.462 e. The number of allylic oxidation sites excluding steroid dienone is 24. The van der Waals surface area contributed by atoms with Gasteiger partial charge in [-0.05, 0) is 141 Å². The number of hydrogen-bond acceptors (Lipinski definition) is 6. The average molecular weight is 1120 g/mol. The molecule has 0 aromatic heterocycles. The molecule has 0 rings (SSSR count). The normalized spacial score (nSPS) is 13.1. The molecule has 6 nitrogen and oxygen atoms in total. The fraction of sp³-hybridized carbons (Fsp3) is 0.640. The minimum absolute atomic E-state index is 0.0962. The zero-order valence-electron chi connectivity index (χ0n) is 52.5. The molecule has 0 fully saturated rings. The zero-order valence-corrected chi connectivity index (χ0v) is 52.5. The number of ether oxygens (including phenoxy) is 3. The lowest BCUT2D eigenvalue weighted by Crippen LogP contribution is -2.30. The Hall–Kier alpha value is -4.71. The monoisotopic (exact) mass is 1120 g/mol. The standard InChI is InChI=1S/C75H122O6/c1-4-7-10-13-16-19-22-25-28-30-32-34-35-36-37-38-39-41-42-44-47-50-53-56-59-62-65-68-74(77)80-71-72(70-79-73(76)67-64-61-58-55-52-49-46-27-24-21-18-15-12-9-6-3)81-75(78)69-66-63-60-57-54-51-48-45-43-40-33-31-29-26-23-20-17-14-11-8-5-2/h7-8,10-11,16-17,19-20,25-29,32-34,36-37,39-41,44,46-47,72H,4-6,9,12-15,18,21-24,30-31,35,38,42-43,45,48-71H2,1-3H3/b10-7-,11-8-,19-16-,20-17-,28-25-,29-26-,34-32-,37-36-,40-33-,41-39-,46-27-,47-44-. The summed E-state index contributed by atoms with van der Waals surface area (Å²) >= 11 is 0. The van der Waals surface area contributed by atoms with Gasteiger partial charge in [0, 0.05) is 19.3 Å². The van der Waals surface area contributed by atoms with Gasteiger partial charge in [0.25, 0.3) is 0 Å². The van der Waals surface area contributed by atoms with Gasteiger partial charge in [-0.25, -0.2) is 0 Å². The second-order valence-corrected chi connectivity index (χ2v) is 21.6. The van der Waals surface area contributed by atoms with Crippen molar-refractivity contribution in [2.75, 3.05) is 13.2 Å². The van der Waals surface area contributed by atoms with Crippen molar-refractivity contribution in [2.24, 2.45) is 0 Å². The maximum Gasteiger partial charge on any atom is 0.306 e. The molecule has 0 spiro atoms. The molecule has 0 saturated carbocycles. The third-order valence-electron chi connectivity index (χ3n) is 13.8. The Morgan fingerprint density at radius 3 is 0.765 bits per heavy atom. The Kier molecular flexibility index (Phi) is 63.9. The summed E-state index contributed by atoms with van der Waals surface area (Å²) in [6.07, 6.45) is 97.0. The summed E-state index contributed by atoms with van der Waals surface area (Å²) in [6, 6.07) is 0. The summed E-state index contributed by atoms with van der Waals surface area (Å²) in [5.41, 5.74) is 0. The predicted molar refractivity (Wildman–Crippen MR) is 352 cm³/mol. The quantitative estimate of drug-likeness (QED) is 0.0261. The topological polar surface area (TPSA) is 78.9 Å². The van der Waals surface area contributed by atoms with Gasteiger partial charge in [-0.2, -0.15) is 0 Å². The molecule has 0 N–H and O–H groups in total.